The number of sulfonamides is 1. The van der Waals surface area contributed by atoms with Gasteiger partial charge in [0.15, 0.2) is 0 Å². The first-order valence-corrected chi connectivity index (χ1v) is 23.4. The van der Waals surface area contributed by atoms with E-state index in [2.05, 4.69) is 5.32 Å². The van der Waals surface area contributed by atoms with Crippen molar-refractivity contribution in [2.75, 3.05) is 13.7 Å². The maximum absolute atomic E-state index is 15.1. The van der Waals surface area contributed by atoms with E-state index in [9.17, 15) is 31.6 Å². The molecule has 5 aliphatic rings. The van der Waals surface area contributed by atoms with Crippen LogP contribution in [0.15, 0.2) is 18.2 Å². The standard InChI is InChI=1S/C43H56F5N5O9S/c1-6-26-32-22-53(34(26)36(55)51-41(21-28(41)35(44)45)39(57)52-63(58,59)25-15-16-25)38(56)27(40(2,3)4)20-33(54)62-42(43(46,47)48)18-10-12-23(42)11-8-7-9-13-30-37(61-32)50-31-19-24(60-5)14-17-29(31)49-30/h14,17,19,23,25-28,32,34-35H,6-13,15-16,18,20-22H2,1-5H3,(H,51,55)(H,52,57)/t23-,26-,27-,28+,32+,34+,41-,42-/m1/s1. The van der Waals surface area contributed by atoms with Gasteiger partial charge in [-0.2, -0.15) is 13.2 Å². The molecule has 63 heavy (non-hydrogen) atoms. The number of hydrogen-bond acceptors (Lipinski definition) is 11. The van der Waals surface area contributed by atoms with Gasteiger partial charge in [-0.3, -0.25) is 23.9 Å². The van der Waals surface area contributed by atoms with Crippen molar-refractivity contribution in [3.63, 3.8) is 0 Å². The van der Waals surface area contributed by atoms with E-state index in [0.29, 0.717) is 48.2 Å². The molecule has 348 valence electrons. The normalized spacial score (nSPS) is 31.0. The highest BCUT2D eigenvalue weighted by molar-refractivity contribution is 7.91. The van der Waals surface area contributed by atoms with Crippen LogP contribution in [0.5, 0.6) is 11.6 Å². The van der Waals surface area contributed by atoms with E-state index < -0.39 is 123 Å². The summed E-state index contributed by atoms with van der Waals surface area (Å²) in [4.78, 5) is 68.1. The first kappa shape index (κ1) is 46.6. The number of alkyl halides is 5. The van der Waals surface area contributed by atoms with Gasteiger partial charge in [0.2, 0.25) is 39.7 Å². The number of benzene rings is 1. The lowest BCUT2D eigenvalue weighted by Crippen LogP contribution is -2.59. The predicted octanol–water partition coefficient (Wildman–Crippen LogP) is 6.18. The van der Waals surface area contributed by atoms with E-state index in [1.165, 1.54) is 7.11 Å². The second kappa shape index (κ2) is 17.2. The Hall–Kier alpha value is -4.36. The highest BCUT2D eigenvalue weighted by Gasteiger charge is 2.68. The Balaban J connectivity index is 1.31. The molecule has 2 N–H and O–H groups in total. The summed E-state index contributed by atoms with van der Waals surface area (Å²) in [5.74, 6) is -8.90. The van der Waals surface area contributed by atoms with Crippen molar-refractivity contribution in [1.82, 2.24) is 24.9 Å². The first-order chi connectivity index (χ1) is 29.5. The van der Waals surface area contributed by atoms with Gasteiger partial charge in [-0.1, -0.05) is 40.5 Å². The van der Waals surface area contributed by atoms with Crippen LogP contribution in [0.4, 0.5) is 22.0 Å². The van der Waals surface area contributed by atoms with E-state index in [1.54, 1.807) is 45.9 Å². The number of rotatable bonds is 8. The topological polar surface area (TPSA) is 183 Å². The summed E-state index contributed by atoms with van der Waals surface area (Å²) in [6.07, 6.45) is -7.94. The minimum Gasteiger partial charge on any atom is -0.497 e. The van der Waals surface area contributed by atoms with Crippen molar-refractivity contribution in [2.45, 2.75) is 152 Å². The maximum Gasteiger partial charge on any atom is 0.428 e. The number of carbonyl (C=O) groups is 4. The van der Waals surface area contributed by atoms with Gasteiger partial charge in [0, 0.05) is 17.9 Å². The zero-order valence-electron chi connectivity index (χ0n) is 36.1. The zero-order chi connectivity index (χ0) is 45.9. The fourth-order valence-corrected chi connectivity index (χ4v) is 11.3. The van der Waals surface area contributed by atoms with Crippen LogP contribution in [0.25, 0.3) is 11.0 Å². The molecule has 4 fully saturated rings. The molecule has 3 aliphatic carbocycles. The summed E-state index contributed by atoms with van der Waals surface area (Å²) in [6.45, 7) is 6.23. The molecule has 3 amide bonds. The minimum absolute atomic E-state index is 0.0812. The zero-order valence-corrected chi connectivity index (χ0v) is 36.9. The Morgan fingerprint density at radius 1 is 1.02 bits per heavy atom. The molecule has 0 spiro atoms. The van der Waals surface area contributed by atoms with Crippen molar-refractivity contribution >= 4 is 44.7 Å². The van der Waals surface area contributed by atoms with Crippen molar-refractivity contribution in [2.24, 2.45) is 29.1 Å². The lowest BCUT2D eigenvalue weighted by molar-refractivity contribution is -0.282. The van der Waals surface area contributed by atoms with Gasteiger partial charge < -0.3 is 24.4 Å². The number of esters is 1. The molecular formula is C43H56F5N5O9S. The molecule has 7 rings (SSSR count). The molecule has 1 aromatic heterocycles. The Morgan fingerprint density at radius 3 is 2.35 bits per heavy atom. The molecule has 2 bridgehead atoms. The number of ether oxygens (including phenoxy) is 3. The van der Waals surface area contributed by atoms with Crippen LogP contribution in [-0.2, 0) is 40.4 Å². The molecule has 0 unspecified atom stereocenters. The highest BCUT2D eigenvalue weighted by atomic mass is 32.2. The number of methoxy groups -OCH3 is 1. The van der Waals surface area contributed by atoms with Crippen molar-refractivity contribution in [1.29, 1.82) is 0 Å². The number of hydrogen-bond donors (Lipinski definition) is 2. The molecule has 20 heteroatoms. The Bertz CT molecular complexity index is 2220. The number of aromatic nitrogens is 2. The molecule has 2 aliphatic heterocycles. The summed E-state index contributed by atoms with van der Waals surface area (Å²) >= 11 is 0. The van der Waals surface area contributed by atoms with Gasteiger partial charge in [0.1, 0.15) is 29.1 Å². The fourth-order valence-electron chi connectivity index (χ4n) is 9.89. The SMILES string of the molecule is CC[C@@H]1[C@@H]2CN(C(=O)[C@H](C(C)(C)C)CC(=O)O[C@]3(C(F)(F)F)CCC[C@H]3CCCCCc3nc4ccc(OC)cc4nc3O2)[C@@H]1C(=O)N[C@]1(C(=O)NS(=O)(=O)C2CC2)C[C@H]1C(F)F. The average molecular weight is 914 g/mol. The van der Waals surface area contributed by atoms with E-state index in [1.807, 2.05) is 4.72 Å². The number of aryl methyl sites for hydroxylation is 1. The third-order valence-electron chi connectivity index (χ3n) is 13.8. The maximum atomic E-state index is 15.1. The number of fused-ring (bicyclic) bond motifs is 5. The molecule has 3 heterocycles. The van der Waals surface area contributed by atoms with Crippen LogP contribution < -0.4 is 19.5 Å². The lowest BCUT2D eigenvalue weighted by atomic mass is 9.77. The number of halogens is 5. The van der Waals surface area contributed by atoms with Crippen LogP contribution in [0.1, 0.15) is 110 Å². The molecule has 2 aromatic rings. The molecule has 1 aromatic carbocycles. The highest BCUT2D eigenvalue weighted by Crippen LogP contribution is 2.53. The molecule has 8 atom stereocenters. The average Bonchev–Trinajstić information content (AvgIpc) is 4.11. The number of nitrogens with one attached hydrogen (secondary N) is 2. The van der Waals surface area contributed by atoms with E-state index in [0.717, 1.165) is 4.90 Å². The largest absolute Gasteiger partial charge is 0.497 e. The third-order valence-corrected chi connectivity index (χ3v) is 15.6. The van der Waals surface area contributed by atoms with Crippen molar-refractivity contribution in [3.8, 4) is 11.6 Å². The summed E-state index contributed by atoms with van der Waals surface area (Å²) in [5.41, 5.74) is -4.86. The summed E-state index contributed by atoms with van der Waals surface area (Å²) in [6, 6.07) is 3.54. The van der Waals surface area contributed by atoms with Gasteiger partial charge >= 0.3 is 12.1 Å². The van der Waals surface area contributed by atoms with Crippen LogP contribution in [0, 0.1) is 29.1 Å². The van der Waals surface area contributed by atoms with E-state index in [-0.39, 0.29) is 50.9 Å². The first-order valence-electron chi connectivity index (χ1n) is 21.8. The minimum atomic E-state index is -4.90. The van der Waals surface area contributed by atoms with Gasteiger partial charge in [0.05, 0.1) is 48.2 Å². The smallest absolute Gasteiger partial charge is 0.428 e. The second-order valence-corrected chi connectivity index (χ2v) is 20.9. The van der Waals surface area contributed by atoms with Crippen molar-refractivity contribution in [3.05, 3.63) is 23.9 Å². The fraction of sp³-hybridized carbons (Fsp3) is 0.721. The predicted molar refractivity (Wildman–Crippen MR) is 217 cm³/mol. The monoisotopic (exact) mass is 913 g/mol. The van der Waals surface area contributed by atoms with Crippen LogP contribution in [-0.4, -0.2) is 102 Å². The van der Waals surface area contributed by atoms with Crippen LogP contribution in [0.3, 0.4) is 0 Å². The Kier molecular flexibility index (Phi) is 12.7. The molecule has 14 nitrogen and oxygen atoms in total. The van der Waals surface area contributed by atoms with E-state index >= 15 is 18.0 Å². The van der Waals surface area contributed by atoms with Crippen molar-refractivity contribution < 1.29 is 63.8 Å². The van der Waals surface area contributed by atoms with Crippen LogP contribution >= 0.6 is 0 Å². The third kappa shape index (κ3) is 9.15. The second-order valence-electron chi connectivity index (χ2n) is 18.9. The Labute approximate surface area is 363 Å². The Morgan fingerprint density at radius 2 is 1.73 bits per heavy atom. The lowest BCUT2D eigenvalue weighted by Gasteiger charge is -2.39. The molecule has 1 saturated heterocycles. The van der Waals surface area contributed by atoms with Gasteiger partial charge in [-0.15, -0.1) is 0 Å². The van der Waals surface area contributed by atoms with E-state index in [4.69, 9.17) is 24.2 Å². The number of nitrogens with zero attached hydrogens (tertiary/aromatic N) is 3. The van der Waals surface area contributed by atoms with Crippen LogP contribution in [0.2, 0.25) is 0 Å². The van der Waals surface area contributed by atoms with Gasteiger partial charge in [-0.25, -0.2) is 27.2 Å². The molecule has 0 radical (unpaired) electrons. The van der Waals surface area contributed by atoms with Gasteiger partial charge in [0.25, 0.3) is 5.91 Å². The number of amides is 3. The summed E-state index contributed by atoms with van der Waals surface area (Å²) in [7, 11) is -2.74. The van der Waals surface area contributed by atoms with Gasteiger partial charge in [-0.05, 0) is 81.8 Å². The molecule has 3 saturated carbocycles. The molecular weight excluding hydrogens is 858 g/mol. The summed E-state index contributed by atoms with van der Waals surface area (Å²) < 4.78 is 119. The quantitative estimate of drug-likeness (QED) is 0.228. The summed E-state index contributed by atoms with van der Waals surface area (Å²) in [5, 5.41) is 1.55. The number of carbonyl (C=O) groups excluding carboxylic acids is 4.